The minimum absolute atomic E-state index is 0.0642. The summed E-state index contributed by atoms with van der Waals surface area (Å²) >= 11 is 0. The van der Waals surface area contributed by atoms with E-state index in [1.165, 1.54) is 32.1 Å². The Morgan fingerprint density at radius 3 is 2.50 bits per heavy atom. The molecule has 1 aliphatic heterocycles. The van der Waals surface area contributed by atoms with Crippen molar-refractivity contribution in [1.29, 1.82) is 0 Å². The summed E-state index contributed by atoms with van der Waals surface area (Å²) in [6, 6.07) is 2.93. The molecule has 3 N–H and O–H groups in total. The second kappa shape index (κ2) is 11.1. The third-order valence-electron chi connectivity index (χ3n) is 6.95. The standard InChI is InChI=1S/C24H35F2N7O/c1-3-32-11-7-10-17(32)14-28-23-29-22(27)30-24(31-23)33(15-16-8-5-4-6-9-16)18-12-19(25)21(34-2)20(26)13-18/h12-13,16-17H,3-11,14-15H2,1-2H3,(H3,27,28,29,30,31). The lowest BCUT2D eigenvalue weighted by molar-refractivity contribution is 0.277. The minimum atomic E-state index is -0.771. The van der Waals surface area contributed by atoms with Gasteiger partial charge in [0.2, 0.25) is 17.8 Å². The number of hydrogen-bond acceptors (Lipinski definition) is 8. The van der Waals surface area contributed by atoms with E-state index in [0.717, 1.165) is 45.2 Å². The highest BCUT2D eigenvalue weighted by Gasteiger charge is 2.25. The van der Waals surface area contributed by atoms with Gasteiger partial charge in [0.15, 0.2) is 17.4 Å². The van der Waals surface area contributed by atoms with E-state index in [9.17, 15) is 8.78 Å². The molecule has 0 amide bonds. The number of nitrogen functional groups attached to an aromatic ring is 1. The summed E-state index contributed by atoms with van der Waals surface area (Å²) < 4.78 is 34.1. The van der Waals surface area contributed by atoms with E-state index in [1.807, 2.05) is 0 Å². The topological polar surface area (TPSA) is 92.4 Å². The van der Waals surface area contributed by atoms with Crippen LogP contribution >= 0.6 is 0 Å². The fourth-order valence-corrected chi connectivity index (χ4v) is 5.16. The highest BCUT2D eigenvalue weighted by atomic mass is 19.1. The number of benzene rings is 1. The molecule has 34 heavy (non-hydrogen) atoms. The lowest BCUT2D eigenvalue weighted by Crippen LogP contribution is -2.35. The summed E-state index contributed by atoms with van der Waals surface area (Å²) in [5.74, 6) is -0.866. The van der Waals surface area contributed by atoms with Crippen molar-refractivity contribution in [2.75, 3.05) is 49.2 Å². The number of halogens is 2. The summed E-state index contributed by atoms with van der Waals surface area (Å²) in [6.07, 6.45) is 7.90. The van der Waals surface area contributed by atoms with Crippen LogP contribution in [0, 0.1) is 17.6 Å². The van der Waals surface area contributed by atoms with Crippen molar-refractivity contribution in [1.82, 2.24) is 19.9 Å². The van der Waals surface area contributed by atoms with Crippen LogP contribution in [0.4, 0.5) is 32.3 Å². The van der Waals surface area contributed by atoms with Gasteiger partial charge in [-0.15, -0.1) is 0 Å². The second-order valence-corrected chi connectivity index (χ2v) is 9.18. The van der Waals surface area contributed by atoms with Crippen LogP contribution in [0.5, 0.6) is 5.75 Å². The number of nitrogens with one attached hydrogen (secondary N) is 1. The molecule has 2 aliphatic rings. The van der Waals surface area contributed by atoms with Crippen LogP contribution in [0.1, 0.15) is 51.9 Å². The smallest absolute Gasteiger partial charge is 0.236 e. The normalized spacial score (nSPS) is 19.4. The summed E-state index contributed by atoms with van der Waals surface area (Å²) in [6.45, 7) is 5.50. The van der Waals surface area contributed by atoms with Gasteiger partial charge in [-0.2, -0.15) is 15.0 Å². The predicted molar refractivity (Wildman–Crippen MR) is 129 cm³/mol. The first-order valence-electron chi connectivity index (χ1n) is 12.3. The molecule has 10 heteroatoms. The Morgan fingerprint density at radius 1 is 1.09 bits per heavy atom. The maximum absolute atomic E-state index is 14.6. The first-order valence-corrected chi connectivity index (χ1v) is 12.3. The zero-order valence-corrected chi connectivity index (χ0v) is 20.1. The van der Waals surface area contributed by atoms with Gasteiger partial charge in [-0.1, -0.05) is 26.2 Å². The van der Waals surface area contributed by atoms with Crippen molar-refractivity contribution in [2.24, 2.45) is 5.92 Å². The van der Waals surface area contributed by atoms with Crippen molar-refractivity contribution in [3.63, 3.8) is 0 Å². The monoisotopic (exact) mass is 475 g/mol. The van der Waals surface area contributed by atoms with Crippen molar-refractivity contribution >= 4 is 23.5 Å². The lowest BCUT2D eigenvalue weighted by Gasteiger charge is -2.30. The molecule has 2 heterocycles. The van der Waals surface area contributed by atoms with E-state index in [0.29, 0.717) is 36.7 Å². The summed E-state index contributed by atoms with van der Waals surface area (Å²) in [5.41, 5.74) is 6.37. The van der Waals surface area contributed by atoms with E-state index in [4.69, 9.17) is 10.5 Å². The second-order valence-electron chi connectivity index (χ2n) is 9.18. The van der Waals surface area contributed by atoms with E-state index in [2.05, 4.69) is 32.1 Å². The Hall–Kier alpha value is -2.75. The average molecular weight is 476 g/mol. The van der Waals surface area contributed by atoms with Gasteiger partial charge in [0.1, 0.15) is 0 Å². The molecule has 1 saturated carbocycles. The Labute approximate surface area is 199 Å². The van der Waals surface area contributed by atoms with Crippen LogP contribution in [-0.2, 0) is 0 Å². The molecule has 0 spiro atoms. The first-order chi connectivity index (χ1) is 16.5. The van der Waals surface area contributed by atoms with Gasteiger partial charge >= 0.3 is 0 Å². The Kier molecular flexibility index (Phi) is 7.97. The van der Waals surface area contributed by atoms with Crippen LogP contribution in [0.2, 0.25) is 0 Å². The third kappa shape index (κ3) is 5.65. The van der Waals surface area contributed by atoms with Gasteiger partial charge < -0.3 is 20.7 Å². The van der Waals surface area contributed by atoms with Crippen LogP contribution in [-0.4, -0.2) is 59.2 Å². The molecular formula is C24H35F2N7O. The number of ether oxygens (including phenoxy) is 1. The molecule has 1 saturated heterocycles. The number of nitrogens with zero attached hydrogens (tertiary/aromatic N) is 5. The van der Waals surface area contributed by atoms with Gasteiger partial charge in [-0.05, 0) is 44.7 Å². The highest BCUT2D eigenvalue weighted by Crippen LogP contribution is 2.34. The number of rotatable bonds is 9. The number of likely N-dealkylation sites (N-methyl/N-ethyl adjacent to an activating group) is 1. The van der Waals surface area contributed by atoms with Crippen molar-refractivity contribution in [3.8, 4) is 5.75 Å². The van der Waals surface area contributed by atoms with Crippen molar-refractivity contribution < 1.29 is 13.5 Å². The van der Waals surface area contributed by atoms with Gasteiger partial charge in [0, 0.05) is 37.0 Å². The van der Waals surface area contributed by atoms with Gasteiger partial charge in [-0.3, -0.25) is 4.90 Å². The number of nitrogens with two attached hydrogens (primary N) is 1. The molecule has 0 bridgehead atoms. The number of aromatic nitrogens is 3. The van der Waals surface area contributed by atoms with Crippen molar-refractivity contribution in [2.45, 2.75) is 57.9 Å². The minimum Gasteiger partial charge on any atom is -0.491 e. The number of methoxy groups -OCH3 is 1. The molecular weight excluding hydrogens is 440 g/mol. The summed E-state index contributed by atoms with van der Waals surface area (Å²) in [5, 5.41) is 3.30. The Balaban J connectivity index is 1.62. The largest absolute Gasteiger partial charge is 0.491 e. The maximum Gasteiger partial charge on any atom is 0.236 e. The maximum atomic E-state index is 14.6. The molecule has 0 radical (unpaired) electrons. The molecule has 1 aliphatic carbocycles. The van der Waals surface area contributed by atoms with Gasteiger partial charge in [0.25, 0.3) is 0 Å². The van der Waals surface area contributed by atoms with Gasteiger partial charge in [-0.25, -0.2) is 8.78 Å². The van der Waals surface area contributed by atoms with Crippen LogP contribution in [0.15, 0.2) is 12.1 Å². The summed E-state index contributed by atoms with van der Waals surface area (Å²) in [4.78, 5) is 17.4. The average Bonchev–Trinajstić information content (AvgIpc) is 3.29. The van der Waals surface area contributed by atoms with E-state index in [1.54, 1.807) is 4.90 Å². The SMILES string of the molecule is CCN1CCCC1CNc1nc(N)nc(N(CC2CCCCC2)c2cc(F)c(OC)c(F)c2)n1. The van der Waals surface area contributed by atoms with E-state index < -0.39 is 17.4 Å². The fourth-order valence-electron chi connectivity index (χ4n) is 5.16. The van der Waals surface area contributed by atoms with E-state index >= 15 is 0 Å². The molecule has 1 unspecified atom stereocenters. The number of hydrogen-bond donors (Lipinski definition) is 2. The molecule has 2 fully saturated rings. The van der Waals surface area contributed by atoms with Crippen LogP contribution in [0.25, 0.3) is 0 Å². The zero-order chi connectivity index (χ0) is 24.1. The highest BCUT2D eigenvalue weighted by molar-refractivity contribution is 5.60. The lowest BCUT2D eigenvalue weighted by atomic mass is 9.89. The molecule has 8 nitrogen and oxygen atoms in total. The predicted octanol–water partition coefficient (Wildman–Crippen LogP) is 4.36. The molecule has 1 aromatic heterocycles. The van der Waals surface area contributed by atoms with Crippen LogP contribution < -0.4 is 20.7 Å². The molecule has 2 aromatic rings. The Morgan fingerprint density at radius 2 is 1.82 bits per heavy atom. The number of likely N-dealkylation sites (tertiary alicyclic amines) is 1. The molecule has 1 atom stereocenters. The van der Waals surface area contributed by atoms with Crippen molar-refractivity contribution in [3.05, 3.63) is 23.8 Å². The van der Waals surface area contributed by atoms with Gasteiger partial charge in [0.05, 0.1) is 7.11 Å². The quantitative estimate of drug-likeness (QED) is 0.553. The molecule has 186 valence electrons. The molecule has 4 rings (SSSR count). The third-order valence-corrected chi connectivity index (χ3v) is 6.95. The fraction of sp³-hybridized carbons (Fsp3) is 0.625. The number of anilines is 4. The van der Waals surface area contributed by atoms with E-state index in [-0.39, 0.29) is 11.9 Å². The molecule has 1 aromatic carbocycles. The van der Waals surface area contributed by atoms with Crippen LogP contribution in [0.3, 0.4) is 0 Å². The first kappa shape index (κ1) is 24.4. The Bertz CT molecular complexity index is 947. The zero-order valence-electron chi connectivity index (χ0n) is 20.1. The summed E-state index contributed by atoms with van der Waals surface area (Å²) in [7, 11) is 1.25.